The normalized spacial score (nSPS) is 15.7. The van der Waals surface area contributed by atoms with Gasteiger partial charge in [0.2, 0.25) is 0 Å². The molecule has 3 rings (SSSR count). The van der Waals surface area contributed by atoms with Crippen LogP contribution in [0.2, 0.25) is 0 Å². The Morgan fingerprint density at radius 3 is 2.32 bits per heavy atom. The molecule has 0 spiro atoms. The van der Waals surface area contributed by atoms with E-state index >= 15 is 0 Å². The second kappa shape index (κ2) is 9.30. The average Bonchev–Trinajstić information content (AvgIpc) is 3.09. The van der Waals surface area contributed by atoms with Crippen molar-refractivity contribution in [2.45, 2.75) is 47.0 Å². The second-order valence-electron chi connectivity index (χ2n) is 8.79. The third-order valence-corrected chi connectivity index (χ3v) is 6.98. The third kappa shape index (κ3) is 5.03. The number of esters is 1. The van der Waals surface area contributed by atoms with E-state index in [0.717, 1.165) is 29.7 Å². The van der Waals surface area contributed by atoms with Gasteiger partial charge in [0.25, 0.3) is 5.91 Å². The number of hydrogen-bond acceptors (Lipinski definition) is 6. The minimum absolute atomic E-state index is 0.187. The van der Waals surface area contributed by atoms with Crippen molar-refractivity contribution >= 4 is 28.2 Å². The van der Waals surface area contributed by atoms with Crippen molar-refractivity contribution in [2.24, 2.45) is 11.3 Å². The minimum Gasteiger partial charge on any atom is -0.497 e. The average molecular weight is 446 g/mol. The first-order chi connectivity index (χ1) is 14.7. The maximum Gasteiger partial charge on any atom is 0.341 e. The number of hydrogen-bond donors (Lipinski definition) is 1. The Bertz CT molecular complexity index is 951. The van der Waals surface area contributed by atoms with Crippen molar-refractivity contribution in [2.75, 3.05) is 26.1 Å². The molecule has 1 N–H and O–H groups in total. The first kappa shape index (κ1) is 23.1. The fourth-order valence-corrected chi connectivity index (χ4v) is 5.26. The van der Waals surface area contributed by atoms with Crippen LogP contribution in [0, 0.1) is 11.3 Å². The predicted octanol–water partition coefficient (Wildman–Crippen LogP) is 5.35. The number of ether oxygens (including phenoxy) is 3. The summed E-state index contributed by atoms with van der Waals surface area (Å²) in [6.07, 6.45) is 2.73. The highest BCUT2D eigenvalue weighted by Gasteiger charge is 2.34. The van der Waals surface area contributed by atoms with Gasteiger partial charge in [0, 0.05) is 16.5 Å². The van der Waals surface area contributed by atoms with Gasteiger partial charge < -0.3 is 19.5 Å². The molecule has 2 aromatic rings. The summed E-state index contributed by atoms with van der Waals surface area (Å²) < 4.78 is 15.9. The lowest BCUT2D eigenvalue weighted by Gasteiger charge is -2.33. The Kier molecular flexibility index (Phi) is 6.94. The van der Waals surface area contributed by atoms with E-state index in [9.17, 15) is 9.59 Å². The van der Waals surface area contributed by atoms with Gasteiger partial charge in [-0.05, 0) is 55.2 Å². The van der Waals surface area contributed by atoms with Crippen LogP contribution in [0.25, 0.3) is 0 Å². The van der Waals surface area contributed by atoms with Crippen LogP contribution in [0.5, 0.6) is 11.5 Å². The van der Waals surface area contributed by atoms with Crippen LogP contribution in [-0.2, 0) is 17.6 Å². The summed E-state index contributed by atoms with van der Waals surface area (Å²) in [5, 5.41) is 3.49. The lowest BCUT2D eigenvalue weighted by Crippen LogP contribution is -2.26. The number of nitrogens with one attached hydrogen (secondary N) is 1. The Balaban J connectivity index is 1.96. The molecule has 0 aliphatic heterocycles. The molecule has 0 radical (unpaired) electrons. The van der Waals surface area contributed by atoms with Gasteiger partial charge in [0.15, 0.2) is 0 Å². The summed E-state index contributed by atoms with van der Waals surface area (Å²) in [7, 11) is 3.07. The Labute approximate surface area is 187 Å². The number of benzene rings is 1. The van der Waals surface area contributed by atoms with Crippen molar-refractivity contribution in [1.29, 1.82) is 0 Å². The highest BCUT2D eigenvalue weighted by molar-refractivity contribution is 7.17. The van der Waals surface area contributed by atoms with Gasteiger partial charge in [-0.15, -0.1) is 11.3 Å². The number of fused-ring (bicyclic) bond motifs is 1. The summed E-state index contributed by atoms with van der Waals surface area (Å²) >= 11 is 1.48. The van der Waals surface area contributed by atoms with Gasteiger partial charge in [-0.25, -0.2) is 4.79 Å². The Morgan fingerprint density at radius 2 is 1.77 bits per heavy atom. The standard InChI is InChI=1S/C24H31NO5S/c1-7-30-23(27)20-18-9-8-15(24(2,3)4)12-19(18)31-22(20)25-21(26)14-10-16(28-5)13-17(11-14)29-6/h10-11,13,15H,7-9,12H2,1-6H3,(H,25,26). The van der Waals surface area contributed by atoms with Gasteiger partial charge in [-0.1, -0.05) is 20.8 Å². The molecule has 1 aromatic heterocycles. The number of methoxy groups -OCH3 is 2. The summed E-state index contributed by atoms with van der Waals surface area (Å²) in [4.78, 5) is 27.0. The highest BCUT2D eigenvalue weighted by atomic mass is 32.1. The predicted molar refractivity (Wildman–Crippen MR) is 123 cm³/mol. The monoisotopic (exact) mass is 445 g/mol. The van der Waals surface area contributed by atoms with Gasteiger partial charge in [0.1, 0.15) is 16.5 Å². The van der Waals surface area contributed by atoms with Gasteiger partial charge >= 0.3 is 5.97 Å². The van der Waals surface area contributed by atoms with Crippen LogP contribution in [0.4, 0.5) is 5.00 Å². The molecule has 1 heterocycles. The fraction of sp³-hybridized carbons (Fsp3) is 0.500. The zero-order chi connectivity index (χ0) is 22.8. The van der Waals surface area contributed by atoms with E-state index in [4.69, 9.17) is 14.2 Å². The van der Waals surface area contributed by atoms with Gasteiger partial charge in [0.05, 0.1) is 26.4 Å². The van der Waals surface area contributed by atoms with E-state index in [-0.39, 0.29) is 23.9 Å². The van der Waals surface area contributed by atoms with Crippen LogP contribution in [0.15, 0.2) is 18.2 Å². The van der Waals surface area contributed by atoms with E-state index in [0.29, 0.717) is 33.5 Å². The number of carbonyl (C=O) groups excluding carboxylic acids is 2. The van der Waals surface area contributed by atoms with Crippen LogP contribution in [0.1, 0.15) is 65.3 Å². The van der Waals surface area contributed by atoms with Crippen molar-refractivity contribution in [3.63, 3.8) is 0 Å². The van der Waals surface area contributed by atoms with Crippen LogP contribution < -0.4 is 14.8 Å². The first-order valence-corrected chi connectivity index (χ1v) is 11.4. The molecule has 1 aromatic carbocycles. The largest absolute Gasteiger partial charge is 0.497 e. The third-order valence-electron chi connectivity index (χ3n) is 5.81. The first-order valence-electron chi connectivity index (χ1n) is 10.5. The van der Waals surface area contributed by atoms with E-state index < -0.39 is 0 Å². The zero-order valence-electron chi connectivity index (χ0n) is 19.1. The molecule has 1 aliphatic carbocycles. The molecular formula is C24H31NO5S. The lowest BCUT2D eigenvalue weighted by molar-refractivity contribution is 0.0526. The Hall–Kier alpha value is -2.54. The number of amides is 1. The number of carbonyl (C=O) groups is 2. The van der Waals surface area contributed by atoms with Gasteiger partial charge in [-0.2, -0.15) is 0 Å². The van der Waals surface area contributed by atoms with Crippen molar-refractivity contribution in [3.05, 3.63) is 39.8 Å². The molecule has 0 saturated heterocycles. The van der Waals surface area contributed by atoms with Crippen LogP contribution in [0.3, 0.4) is 0 Å². The van der Waals surface area contributed by atoms with E-state index in [1.807, 2.05) is 0 Å². The topological polar surface area (TPSA) is 73.9 Å². The molecule has 0 bridgehead atoms. The fourth-order valence-electron chi connectivity index (χ4n) is 3.95. The molecule has 6 nitrogen and oxygen atoms in total. The Morgan fingerprint density at radius 1 is 1.13 bits per heavy atom. The van der Waals surface area contributed by atoms with E-state index in [1.165, 1.54) is 25.6 Å². The summed E-state index contributed by atoms with van der Waals surface area (Å²) in [6, 6.07) is 4.99. The molecule has 1 amide bonds. The summed E-state index contributed by atoms with van der Waals surface area (Å²) in [6.45, 7) is 8.83. The van der Waals surface area contributed by atoms with Crippen molar-refractivity contribution < 1.29 is 23.8 Å². The molecule has 1 atom stereocenters. The maximum atomic E-state index is 13.1. The molecule has 0 saturated carbocycles. The molecule has 31 heavy (non-hydrogen) atoms. The van der Waals surface area contributed by atoms with E-state index in [1.54, 1.807) is 25.1 Å². The molecule has 1 aliphatic rings. The maximum absolute atomic E-state index is 13.1. The smallest absolute Gasteiger partial charge is 0.341 e. The van der Waals surface area contributed by atoms with Crippen molar-refractivity contribution in [3.8, 4) is 11.5 Å². The second-order valence-corrected chi connectivity index (χ2v) is 9.89. The lowest BCUT2D eigenvalue weighted by atomic mass is 9.72. The molecule has 7 heteroatoms. The minimum atomic E-state index is -0.382. The van der Waals surface area contributed by atoms with Crippen LogP contribution >= 0.6 is 11.3 Å². The number of thiophene rings is 1. The molecule has 1 unspecified atom stereocenters. The van der Waals surface area contributed by atoms with Crippen LogP contribution in [-0.4, -0.2) is 32.7 Å². The van der Waals surface area contributed by atoms with Crippen molar-refractivity contribution in [1.82, 2.24) is 0 Å². The summed E-state index contributed by atoms with van der Waals surface area (Å²) in [5.41, 5.74) is 2.09. The zero-order valence-corrected chi connectivity index (χ0v) is 19.9. The van der Waals surface area contributed by atoms with E-state index in [2.05, 4.69) is 26.1 Å². The summed E-state index contributed by atoms with van der Waals surface area (Å²) in [5.74, 6) is 0.864. The SMILES string of the molecule is CCOC(=O)c1c(NC(=O)c2cc(OC)cc(OC)c2)sc2c1CCC(C(C)(C)C)C2. The highest BCUT2D eigenvalue weighted by Crippen LogP contribution is 2.44. The molecule has 168 valence electrons. The number of anilines is 1. The number of rotatable bonds is 6. The molecular weight excluding hydrogens is 414 g/mol. The quantitative estimate of drug-likeness (QED) is 0.607. The van der Waals surface area contributed by atoms with Gasteiger partial charge in [-0.3, -0.25) is 4.79 Å². The molecule has 0 fully saturated rings.